The number of rotatable bonds is 2. The number of furan rings is 2. The standard InChI is InChI=1S/C48H34O2/c1-47(2)39-11-7-5-9-31(39)33-17-13-29(23-41(33)47)27-15-19-43-35(21-27)37-25-38-36-22-28(16-20-44(36)50-46(38)26-45(37)49-43)30-14-18-34-32-10-6-8-12-40(32)48(3,4)42(34)24-30/h5-26H,1-4H3. The van der Waals surface area contributed by atoms with Gasteiger partial charge in [-0.2, -0.15) is 0 Å². The third-order valence-electron chi connectivity index (χ3n) is 11.9. The Labute approximate surface area is 290 Å². The van der Waals surface area contributed by atoms with Gasteiger partial charge in [0.05, 0.1) is 0 Å². The lowest BCUT2D eigenvalue weighted by atomic mass is 9.81. The van der Waals surface area contributed by atoms with Crippen LogP contribution in [0.15, 0.2) is 142 Å². The van der Waals surface area contributed by atoms with Crippen LogP contribution in [0.2, 0.25) is 0 Å². The van der Waals surface area contributed by atoms with Crippen molar-refractivity contribution in [2.75, 3.05) is 0 Å². The van der Waals surface area contributed by atoms with E-state index in [4.69, 9.17) is 8.83 Å². The van der Waals surface area contributed by atoms with Gasteiger partial charge in [-0.1, -0.05) is 113 Å². The molecule has 0 unspecified atom stereocenters. The SMILES string of the molecule is CC1(C)c2ccccc2-c2ccc(-c3ccc4oc5cc6oc7ccc(-c8ccc9c(c8)C(C)(C)c8ccccc8-9)cc7c6cc5c4c3)cc21. The molecular formula is C48H34O2. The van der Waals surface area contributed by atoms with Crippen LogP contribution in [0.3, 0.4) is 0 Å². The van der Waals surface area contributed by atoms with Crippen molar-refractivity contribution in [3.05, 3.63) is 156 Å². The Morgan fingerprint density at radius 1 is 0.320 bits per heavy atom. The summed E-state index contributed by atoms with van der Waals surface area (Å²) in [7, 11) is 0. The van der Waals surface area contributed by atoms with Gasteiger partial charge in [-0.05, 0) is 109 Å². The normalized spacial score (nSPS) is 15.1. The summed E-state index contributed by atoms with van der Waals surface area (Å²) in [6, 6.07) is 49.1. The average Bonchev–Trinajstić information content (AvgIpc) is 3.82. The Kier molecular flexibility index (Phi) is 5.28. The maximum absolute atomic E-state index is 6.42. The zero-order chi connectivity index (χ0) is 33.5. The van der Waals surface area contributed by atoms with Gasteiger partial charge in [0.15, 0.2) is 0 Å². The van der Waals surface area contributed by atoms with E-state index in [0.717, 1.165) is 43.9 Å². The Balaban J connectivity index is 1.03. The summed E-state index contributed by atoms with van der Waals surface area (Å²) in [5.41, 5.74) is 19.1. The second-order valence-corrected chi connectivity index (χ2v) is 15.3. The van der Waals surface area contributed by atoms with Crippen molar-refractivity contribution in [3.63, 3.8) is 0 Å². The molecule has 11 rings (SSSR count). The van der Waals surface area contributed by atoms with Crippen LogP contribution in [0.4, 0.5) is 0 Å². The first-order valence-corrected chi connectivity index (χ1v) is 17.6. The third kappa shape index (κ3) is 3.63. The van der Waals surface area contributed by atoms with Gasteiger partial charge in [-0.25, -0.2) is 0 Å². The molecule has 2 nitrogen and oxygen atoms in total. The number of fused-ring (bicyclic) bond motifs is 12. The minimum absolute atomic E-state index is 0.0395. The van der Waals surface area contributed by atoms with Gasteiger partial charge in [0, 0.05) is 38.4 Å². The van der Waals surface area contributed by atoms with Crippen LogP contribution >= 0.6 is 0 Å². The molecule has 0 bridgehead atoms. The second-order valence-electron chi connectivity index (χ2n) is 15.3. The van der Waals surface area contributed by atoms with Gasteiger partial charge in [0.2, 0.25) is 0 Å². The van der Waals surface area contributed by atoms with Gasteiger partial charge >= 0.3 is 0 Å². The average molecular weight is 643 g/mol. The largest absolute Gasteiger partial charge is 0.456 e. The molecule has 2 heterocycles. The van der Waals surface area contributed by atoms with E-state index in [9.17, 15) is 0 Å². The van der Waals surface area contributed by atoms with E-state index in [1.807, 2.05) is 0 Å². The Morgan fingerprint density at radius 3 is 1.18 bits per heavy atom. The lowest BCUT2D eigenvalue weighted by molar-refractivity contribution is 0.656. The predicted molar refractivity (Wildman–Crippen MR) is 207 cm³/mol. The summed E-state index contributed by atoms with van der Waals surface area (Å²) >= 11 is 0. The highest BCUT2D eigenvalue weighted by Gasteiger charge is 2.36. The fourth-order valence-corrected chi connectivity index (χ4v) is 9.17. The lowest BCUT2D eigenvalue weighted by Crippen LogP contribution is -2.14. The molecule has 2 aromatic heterocycles. The molecular weight excluding hydrogens is 609 g/mol. The summed E-state index contributed by atoms with van der Waals surface area (Å²) in [5, 5.41) is 4.45. The highest BCUT2D eigenvalue weighted by atomic mass is 16.3. The predicted octanol–water partition coefficient (Wildman–Crippen LogP) is 13.4. The molecule has 0 amide bonds. The highest BCUT2D eigenvalue weighted by molar-refractivity contribution is 6.16. The van der Waals surface area contributed by atoms with E-state index in [1.165, 1.54) is 66.8 Å². The number of benzene rings is 7. The van der Waals surface area contributed by atoms with Gasteiger partial charge < -0.3 is 8.83 Å². The minimum Gasteiger partial charge on any atom is -0.456 e. The van der Waals surface area contributed by atoms with Crippen molar-refractivity contribution in [2.45, 2.75) is 38.5 Å². The maximum atomic E-state index is 6.42. The van der Waals surface area contributed by atoms with Crippen LogP contribution in [0.1, 0.15) is 49.9 Å². The third-order valence-corrected chi connectivity index (χ3v) is 11.9. The van der Waals surface area contributed by atoms with Crippen LogP contribution in [0.25, 0.3) is 88.4 Å². The molecule has 0 atom stereocenters. The summed E-state index contributed by atoms with van der Waals surface area (Å²) in [6.07, 6.45) is 0. The number of hydrogen-bond acceptors (Lipinski definition) is 2. The van der Waals surface area contributed by atoms with Crippen molar-refractivity contribution in [3.8, 4) is 44.5 Å². The van der Waals surface area contributed by atoms with Gasteiger partial charge in [-0.3, -0.25) is 0 Å². The molecule has 2 aliphatic rings. The van der Waals surface area contributed by atoms with E-state index in [2.05, 4.69) is 161 Å². The zero-order valence-corrected chi connectivity index (χ0v) is 28.5. The van der Waals surface area contributed by atoms with Crippen LogP contribution in [0, 0.1) is 0 Å². The van der Waals surface area contributed by atoms with Crippen LogP contribution in [-0.2, 0) is 10.8 Å². The molecule has 7 aromatic carbocycles. The van der Waals surface area contributed by atoms with Gasteiger partial charge in [0.1, 0.15) is 22.3 Å². The Hall–Kier alpha value is -5.86. The number of hydrogen-bond donors (Lipinski definition) is 0. The van der Waals surface area contributed by atoms with Crippen molar-refractivity contribution in [1.29, 1.82) is 0 Å². The van der Waals surface area contributed by atoms with Crippen molar-refractivity contribution >= 4 is 43.9 Å². The molecule has 0 fully saturated rings. The Morgan fingerprint density at radius 2 is 0.700 bits per heavy atom. The van der Waals surface area contributed by atoms with Gasteiger partial charge in [0.25, 0.3) is 0 Å². The lowest BCUT2D eigenvalue weighted by Gasteiger charge is -2.22. The topological polar surface area (TPSA) is 26.3 Å². The molecule has 2 heteroatoms. The van der Waals surface area contributed by atoms with Gasteiger partial charge in [-0.15, -0.1) is 0 Å². The van der Waals surface area contributed by atoms with Crippen LogP contribution in [-0.4, -0.2) is 0 Å². The van der Waals surface area contributed by atoms with Crippen LogP contribution in [0.5, 0.6) is 0 Å². The molecule has 0 saturated carbocycles. The van der Waals surface area contributed by atoms with Crippen molar-refractivity contribution < 1.29 is 8.83 Å². The molecule has 0 radical (unpaired) electrons. The van der Waals surface area contributed by atoms with E-state index in [-0.39, 0.29) is 10.8 Å². The maximum Gasteiger partial charge on any atom is 0.139 e. The second kappa shape index (κ2) is 9.43. The first-order valence-electron chi connectivity index (χ1n) is 17.6. The minimum atomic E-state index is -0.0395. The molecule has 9 aromatic rings. The van der Waals surface area contributed by atoms with E-state index >= 15 is 0 Å². The molecule has 50 heavy (non-hydrogen) atoms. The van der Waals surface area contributed by atoms with E-state index in [1.54, 1.807) is 0 Å². The molecule has 2 aliphatic carbocycles. The zero-order valence-electron chi connectivity index (χ0n) is 28.5. The molecule has 0 N–H and O–H groups in total. The molecule has 238 valence electrons. The quantitative estimate of drug-likeness (QED) is 0.188. The van der Waals surface area contributed by atoms with Crippen LogP contribution < -0.4 is 0 Å². The highest BCUT2D eigenvalue weighted by Crippen LogP contribution is 2.51. The molecule has 0 aliphatic heterocycles. The first-order chi connectivity index (χ1) is 24.3. The van der Waals surface area contributed by atoms with Crippen molar-refractivity contribution in [1.82, 2.24) is 0 Å². The summed E-state index contributed by atoms with van der Waals surface area (Å²) in [4.78, 5) is 0. The summed E-state index contributed by atoms with van der Waals surface area (Å²) in [6.45, 7) is 9.35. The molecule has 0 spiro atoms. The van der Waals surface area contributed by atoms with E-state index in [0.29, 0.717) is 0 Å². The fraction of sp³-hybridized carbons (Fsp3) is 0.125. The summed E-state index contributed by atoms with van der Waals surface area (Å²) < 4.78 is 12.8. The monoisotopic (exact) mass is 642 g/mol. The van der Waals surface area contributed by atoms with Crippen molar-refractivity contribution in [2.24, 2.45) is 0 Å². The fourth-order valence-electron chi connectivity index (χ4n) is 9.17. The smallest absolute Gasteiger partial charge is 0.139 e. The Bertz CT molecular complexity index is 2730. The molecule has 0 saturated heterocycles. The summed E-state index contributed by atoms with van der Waals surface area (Å²) in [5.74, 6) is 0. The first kappa shape index (κ1) is 28.0. The van der Waals surface area contributed by atoms with E-state index < -0.39 is 0 Å².